The number of hydrogen-bond donors (Lipinski definition) is 4. The molecule has 13 heteroatoms. The van der Waals surface area contributed by atoms with Crippen LogP contribution >= 0.6 is 0 Å². The number of fused-ring (bicyclic) bond motifs is 1. The van der Waals surface area contributed by atoms with Crippen molar-refractivity contribution in [2.45, 2.75) is 64.2 Å². The van der Waals surface area contributed by atoms with E-state index in [1.165, 1.54) is 0 Å². The van der Waals surface area contributed by atoms with E-state index in [0.29, 0.717) is 13.2 Å². The zero-order valence-electron chi connectivity index (χ0n) is 35.7. The van der Waals surface area contributed by atoms with E-state index in [4.69, 9.17) is 14.3 Å². The lowest BCUT2D eigenvalue weighted by molar-refractivity contribution is -0.180. The van der Waals surface area contributed by atoms with Gasteiger partial charge in [-0.1, -0.05) is 133 Å². The van der Waals surface area contributed by atoms with E-state index in [0.717, 1.165) is 38.6 Å². The fourth-order valence-corrected chi connectivity index (χ4v) is 7.59. The van der Waals surface area contributed by atoms with Crippen LogP contribution in [-0.4, -0.2) is 71.8 Å². The second kappa shape index (κ2) is 22.8. The maximum Gasteiger partial charge on any atom is 0.338 e. The molecule has 6 aromatic rings. The molecule has 0 aliphatic heterocycles. The molecule has 0 spiro atoms. The van der Waals surface area contributed by atoms with Crippen molar-refractivity contribution in [1.82, 2.24) is 31.3 Å². The molecule has 0 radical (unpaired) electrons. The first-order valence-corrected chi connectivity index (χ1v) is 21.0. The lowest BCUT2D eigenvalue weighted by atomic mass is 9.77. The van der Waals surface area contributed by atoms with Gasteiger partial charge in [0, 0.05) is 38.7 Å². The number of nitrogens with zero attached hydrogens (tertiary/aromatic N) is 2. The molecule has 0 saturated heterocycles. The summed E-state index contributed by atoms with van der Waals surface area (Å²) in [6, 6.07) is 43.2. The topological polar surface area (TPSA) is 160 Å². The highest BCUT2D eigenvalue weighted by Gasteiger charge is 2.40. The number of pyridine rings is 1. The van der Waals surface area contributed by atoms with Crippen molar-refractivity contribution in [2.24, 2.45) is 0 Å². The molecule has 2 unspecified atom stereocenters. The van der Waals surface area contributed by atoms with Crippen LogP contribution in [0.4, 0.5) is 4.79 Å². The number of rotatable bonds is 21. The smallest absolute Gasteiger partial charge is 0.338 e. The Balaban J connectivity index is 1.34. The zero-order valence-corrected chi connectivity index (χ0v) is 35.7. The number of amides is 5. The van der Waals surface area contributed by atoms with Crippen molar-refractivity contribution in [3.05, 3.63) is 186 Å². The van der Waals surface area contributed by atoms with E-state index in [9.17, 15) is 14.4 Å². The number of carbonyl (C=O) groups is 4. The van der Waals surface area contributed by atoms with Crippen LogP contribution < -0.4 is 21.4 Å². The molecular formula is C50H54N6O7. The van der Waals surface area contributed by atoms with Crippen LogP contribution in [0.1, 0.15) is 55.0 Å². The Hall–Kier alpha value is -6.93. The van der Waals surface area contributed by atoms with Gasteiger partial charge in [0.1, 0.15) is 11.6 Å². The van der Waals surface area contributed by atoms with Gasteiger partial charge in [-0.15, -0.1) is 0 Å². The summed E-state index contributed by atoms with van der Waals surface area (Å²) in [6.07, 6.45) is 1.92. The maximum absolute atomic E-state index is 15.3. The summed E-state index contributed by atoms with van der Waals surface area (Å²) in [4.78, 5) is 67.2. The summed E-state index contributed by atoms with van der Waals surface area (Å²) in [5.41, 5.74) is 5.03. The molecule has 0 saturated carbocycles. The standard InChI is InChI=1S/C50H54N6O7/c1-4-61-48(62-5-2)36(3)56(34-39-20-17-19-38-18-15-16-27-43(38)39)47(59)44(53-46(58)35-63-55-49(60)52-33-37-28-30-51-31-29-37)32-45(57)54-50(40-21-9-6-10-22-40,41-23-11-7-12-24-41)42-25-13-8-14-26-42/h6-31,36,44,48H,4-5,32-35H2,1-3H3,(H,53,58)(H,54,57)(H2,52,55,60). The minimum absolute atomic E-state index is 0.101. The Morgan fingerprint density at radius 1 is 0.683 bits per heavy atom. The highest BCUT2D eigenvalue weighted by atomic mass is 16.7. The van der Waals surface area contributed by atoms with Crippen molar-refractivity contribution >= 4 is 34.5 Å². The molecule has 2 atom stereocenters. The first-order chi connectivity index (χ1) is 30.7. The van der Waals surface area contributed by atoms with E-state index in [2.05, 4.69) is 26.4 Å². The van der Waals surface area contributed by atoms with Crippen LogP contribution in [0.2, 0.25) is 0 Å². The molecule has 13 nitrogen and oxygen atoms in total. The fourth-order valence-electron chi connectivity index (χ4n) is 7.59. The average Bonchev–Trinajstić information content (AvgIpc) is 3.32. The predicted molar refractivity (Wildman–Crippen MR) is 240 cm³/mol. The van der Waals surface area contributed by atoms with Crippen LogP contribution in [0.3, 0.4) is 0 Å². The molecule has 4 N–H and O–H groups in total. The van der Waals surface area contributed by atoms with Crippen molar-refractivity contribution in [1.29, 1.82) is 0 Å². The van der Waals surface area contributed by atoms with Gasteiger partial charge in [0.05, 0.1) is 12.5 Å². The van der Waals surface area contributed by atoms with Gasteiger partial charge in [-0.25, -0.2) is 10.3 Å². The summed E-state index contributed by atoms with van der Waals surface area (Å²) in [5, 5.41) is 10.7. The molecule has 326 valence electrons. The minimum atomic E-state index is -1.41. The molecular weight excluding hydrogens is 797 g/mol. The molecule has 0 aliphatic carbocycles. The van der Waals surface area contributed by atoms with E-state index in [1.807, 2.05) is 154 Å². The Morgan fingerprint density at radius 3 is 1.83 bits per heavy atom. The van der Waals surface area contributed by atoms with Gasteiger partial charge in [-0.05, 0) is 71.5 Å². The highest BCUT2D eigenvalue weighted by Crippen LogP contribution is 2.37. The molecule has 5 aromatic carbocycles. The summed E-state index contributed by atoms with van der Waals surface area (Å²) < 4.78 is 12.1. The maximum atomic E-state index is 15.3. The predicted octanol–water partition coefficient (Wildman–Crippen LogP) is 6.77. The van der Waals surface area contributed by atoms with Gasteiger partial charge in [0.25, 0.3) is 0 Å². The van der Waals surface area contributed by atoms with Gasteiger partial charge in [0.2, 0.25) is 17.7 Å². The van der Waals surface area contributed by atoms with Crippen molar-refractivity contribution in [2.75, 3.05) is 19.8 Å². The summed E-state index contributed by atoms with van der Waals surface area (Å²) in [7, 11) is 0. The lowest BCUT2D eigenvalue weighted by Gasteiger charge is -2.38. The number of aromatic nitrogens is 1. The summed E-state index contributed by atoms with van der Waals surface area (Å²) >= 11 is 0. The Bertz CT molecular complexity index is 2280. The van der Waals surface area contributed by atoms with E-state index < -0.39 is 60.7 Å². The zero-order chi connectivity index (χ0) is 44.4. The van der Waals surface area contributed by atoms with Crippen molar-refractivity contribution in [3.63, 3.8) is 0 Å². The first kappa shape index (κ1) is 45.6. The number of urea groups is 1. The third-order valence-corrected chi connectivity index (χ3v) is 10.6. The van der Waals surface area contributed by atoms with Crippen LogP contribution in [0.25, 0.3) is 10.8 Å². The van der Waals surface area contributed by atoms with Crippen LogP contribution in [0, 0.1) is 0 Å². The number of hydroxylamine groups is 1. The van der Waals surface area contributed by atoms with Gasteiger partial charge in [0.15, 0.2) is 12.9 Å². The van der Waals surface area contributed by atoms with Crippen molar-refractivity contribution < 1.29 is 33.5 Å². The Kier molecular flexibility index (Phi) is 16.5. The summed E-state index contributed by atoms with van der Waals surface area (Å²) in [5.74, 6) is -1.83. The van der Waals surface area contributed by atoms with E-state index in [1.54, 1.807) is 29.4 Å². The number of ether oxygens (including phenoxy) is 2. The number of hydrogen-bond acceptors (Lipinski definition) is 8. The normalized spacial score (nSPS) is 12.3. The number of nitrogens with one attached hydrogen (secondary N) is 4. The van der Waals surface area contributed by atoms with Crippen LogP contribution in [0.5, 0.6) is 0 Å². The van der Waals surface area contributed by atoms with Crippen molar-refractivity contribution in [3.8, 4) is 0 Å². The number of carbonyl (C=O) groups excluding carboxylic acids is 4. The van der Waals surface area contributed by atoms with Gasteiger partial charge < -0.3 is 30.3 Å². The molecule has 0 bridgehead atoms. The highest BCUT2D eigenvalue weighted by molar-refractivity contribution is 5.93. The number of benzene rings is 5. The van der Waals surface area contributed by atoms with Crippen LogP contribution in [-0.2, 0) is 47.3 Å². The van der Waals surface area contributed by atoms with Gasteiger partial charge in [-0.2, -0.15) is 0 Å². The second-order valence-electron chi connectivity index (χ2n) is 14.8. The Labute approximate surface area is 368 Å². The van der Waals surface area contributed by atoms with E-state index >= 15 is 4.79 Å². The van der Waals surface area contributed by atoms with Gasteiger partial charge in [-0.3, -0.25) is 24.2 Å². The fraction of sp³-hybridized carbons (Fsp3) is 0.260. The molecule has 1 heterocycles. The largest absolute Gasteiger partial charge is 0.351 e. The molecule has 0 fully saturated rings. The molecule has 6 rings (SSSR count). The lowest BCUT2D eigenvalue weighted by Crippen LogP contribution is -2.57. The quantitative estimate of drug-likeness (QED) is 0.0351. The summed E-state index contributed by atoms with van der Waals surface area (Å²) in [6.45, 7) is 5.77. The molecule has 1 aromatic heterocycles. The van der Waals surface area contributed by atoms with Gasteiger partial charge >= 0.3 is 6.03 Å². The van der Waals surface area contributed by atoms with E-state index in [-0.39, 0.29) is 13.1 Å². The molecule has 5 amide bonds. The SMILES string of the molecule is CCOC(OCC)C(C)N(Cc1cccc2ccccc12)C(=O)C(CC(=O)NC(c1ccccc1)(c1ccccc1)c1ccccc1)NC(=O)CONC(=O)NCc1ccncc1. The Morgan fingerprint density at radius 2 is 1.24 bits per heavy atom. The minimum Gasteiger partial charge on any atom is -0.351 e. The first-order valence-electron chi connectivity index (χ1n) is 21.0. The molecule has 0 aliphatic rings. The monoisotopic (exact) mass is 850 g/mol. The molecule has 63 heavy (non-hydrogen) atoms. The average molecular weight is 851 g/mol. The second-order valence-corrected chi connectivity index (χ2v) is 14.8. The third-order valence-electron chi connectivity index (χ3n) is 10.6. The third kappa shape index (κ3) is 11.9. The van der Waals surface area contributed by atoms with Crippen LogP contribution in [0.15, 0.2) is 158 Å².